The van der Waals surface area contributed by atoms with Crippen LogP contribution in [0.3, 0.4) is 0 Å². The first kappa shape index (κ1) is 19.6. The predicted octanol–water partition coefficient (Wildman–Crippen LogP) is 3.74. The summed E-state index contributed by atoms with van der Waals surface area (Å²) < 4.78 is 0. The number of hydrogen-bond acceptors (Lipinski definition) is 4. The van der Waals surface area contributed by atoms with Gasteiger partial charge in [0.2, 0.25) is 5.91 Å². The highest BCUT2D eigenvalue weighted by Crippen LogP contribution is 2.19. The largest absolute Gasteiger partial charge is 0.351 e. The van der Waals surface area contributed by atoms with Crippen LogP contribution >= 0.6 is 11.3 Å². The van der Waals surface area contributed by atoms with Crippen LogP contribution in [0.25, 0.3) is 0 Å². The zero-order chi connectivity index (χ0) is 19.1. The number of nitrogens with zero attached hydrogens (tertiary/aromatic N) is 1. The highest BCUT2D eigenvalue weighted by Gasteiger charge is 2.15. The van der Waals surface area contributed by atoms with Crippen molar-refractivity contribution in [3.8, 4) is 0 Å². The molecule has 1 aliphatic rings. The summed E-state index contributed by atoms with van der Waals surface area (Å²) in [6.45, 7) is 5.94. The molecule has 2 N–H and O–H groups in total. The topological polar surface area (TPSA) is 61.4 Å². The number of thiophene rings is 1. The maximum absolute atomic E-state index is 12.0. The average molecular weight is 386 g/mol. The van der Waals surface area contributed by atoms with Gasteiger partial charge in [-0.05, 0) is 61.0 Å². The number of amides is 2. The molecule has 0 bridgehead atoms. The Balaban J connectivity index is 1.38. The summed E-state index contributed by atoms with van der Waals surface area (Å²) in [5, 5.41) is 9.30. The van der Waals surface area contributed by atoms with Gasteiger partial charge < -0.3 is 10.6 Å². The summed E-state index contributed by atoms with van der Waals surface area (Å²) in [6, 6.07) is 9.82. The molecule has 0 unspecified atom stereocenters. The molecule has 0 aliphatic carbocycles. The first-order valence-corrected chi connectivity index (χ1v) is 10.5. The molecule has 27 heavy (non-hydrogen) atoms. The number of benzene rings is 1. The van der Waals surface area contributed by atoms with Gasteiger partial charge in [-0.1, -0.05) is 19.1 Å². The van der Waals surface area contributed by atoms with Gasteiger partial charge in [0.25, 0.3) is 5.91 Å². The van der Waals surface area contributed by atoms with Crippen LogP contribution < -0.4 is 10.6 Å². The van der Waals surface area contributed by atoms with Gasteiger partial charge in [-0.3, -0.25) is 14.5 Å². The van der Waals surface area contributed by atoms with Crippen molar-refractivity contribution in [1.82, 2.24) is 10.2 Å². The Hall–Kier alpha value is -2.18. The van der Waals surface area contributed by atoms with Crippen LogP contribution in [0.5, 0.6) is 0 Å². The molecule has 1 fully saturated rings. The van der Waals surface area contributed by atoms with Crippen LogP contribution in [-0.4, -0.2) is 36.3 Å². The van der Waals surface area contributed by atoms with Gasteiger partial charge in [0.05, 0.1) is 0 Å². The van der Waals surface area contributed by atoms with Crippen molar-refractivity contribution >= 4 is 28.8 Å². The SMILES string of the molecule is CC1CCN(Cc2ccc(NC(=O)CCNC(=O)c3ccsc3)cc2)CC1. The fourth-order valence-electron chi connectivity index (χ4n) is 3.18. The molecule has 6 heteroatoms. The maximum Gasteiger partial charge on any atom is 0.252 e. The van der Waals surface area contributed by atoms with Crippen LogP contribution in [0.15, 0.2) is 41.1 Å². The third-order valence-corrected chi connectivity index (χ3v) is 5.62. The van der Waals surface area contributed by atoms with Gasteiger partial charge in [0.15, 0.2) is 0 Å². The summed E-state index contributed by atoms with van der Waals surface area (Å²) in [6.07, 6.45) is 2.80. The van der Waals surface area contributed by atoms with Crippen molar-refractivity contribution in [3.05, 3.63) is 52.2 Å². The van der Waals surface area contributed by atoms with Crippen molar-refractivity contribution in [2.45, 2.75) is 32.7 Å². The molecule has 2 aromatic rings. The number of piperidine rings is 1. The molecule has 1 aliphatic heterocycles. The Kier molecular flexibility index (Phi) is 7.01. The third kappa shape index (κ3) is 6.19. The zero-order valence-electron chi connectivity index (χ0n) is 15.7. The number of nitrogens with one attached hydrogen (secondary N) is 2. The monoisotopic (exact) mass is 385 g/mol. The molecule has 0 saturated carbocycles. The standard InChI is InChI=1S/C21H27N3O2S/c1-16-7-11-24(12-8-16)14-17-2-4-19(5-3-17)23-20(25)6-10-22-21(26)18-9-13-27-15-18/h2-5,9,13,15-16H,6-8,10-12,14H2,1H3,(H,22,26)(H,23,25). The first-order valence-electron chi connectivity index (χ1n) is 9.51. The molecular formula is C21H27N3O2S. The van der Waals surface area contributed by atoms with E-state index in [9.17, 15) is 9.59 Å². The highest BCUT2D eigenvalue weighted by molar-refractivity contribution is 7.08. The number of carbonyl (C=O) groups excluding carboxylic acids is 2. The molecule has 1 saturated heterocycles. The van der Waals surface area contributed by atoms with E-state index in [4.69, 9.17) is 0 Å². The van der Waals surface area contributed by atoms with E-state index >= 15 is 0 Å². The van der Waals surface area contributed by atoms with Crippen LogP contribution in [0, 0.1) is 5.92 Å². The summed E-state index contributed by atoms with van der Waals surface area (Å²) in [7, 11) is 0. The molecule has 1 aromatic heterocycles. The van der Waals surface area contributed by atoms with E-state index in [2.05, 4.69) is 34.6 Å². The molecule has 0 spiro atoms. The minimum atomic E-state index is -0.138. The van der Waals surface area contributed by atoms with Gasteiger partial charge in [-0.15, -0.1) is 0 Å². The predicted molar refractivity (Wildman–Crippen MR) is 110 cm³/mol. The second-order valence-electron chi connectivity index (χ2n) is 7.22. The van der Waals surface area contributed by atoms with E-state index in [0.717, 1.165) is 31.2 Å². The molecule has 0 radical (unpaired) electrons. The second-order valence-corrected chi connectivity index (χ2v) is 8.00. The van der Waals surface area contributed by atoms with Gasteiger partial charge >= 0.3 is 0 Å². The highest BCUT2D eigenvalue weighted by atomic mass is 32.1. The van der Waals surface area contributed by atoms with Crippen molar-refractivity contribution in [1.29, 1.82) is 0 Å². The summed E-state index contributed by atoms with van der Waals surface area (Å²) in [4.78, 5) is 26.4. The lowest BCUT2D eigenvalue weighted by Gasteiger charge is -2.30. The zero-order valence-corrected chi connectivity index (χ0v) is 16.6. The van der Waals surface area contributed by atoms with E-state index in [1.807, 2.05) is 17.5 Å². The lowest BCUT2D eigenvalue weighted by molar-refractivity contribution is -0.116. The fraction of sp³-hybridized carbons (Fsp3) is 0.429. The number of carbonyl (C=O) groups is 2. The molecule has 0 atom stereocenters. The molecule has 2 heterocycles. The Morgan fingerprint density at radius 3 is 2.56 bits per heavy atom. The number of hydrogen-bond donors (Lipinski definition) is 2. The summed E-state index contributed by atoms with van der Waals surface area (Å²) >= 11 is 1.48. The summed E-state index contributed by atoms with van der Waals surface area (Å²) in [5.74, 6) is 0.604. The molecule has 5 nitrogen and oxygen atoms in total. The number of anilines is 1. The van der Waals surface area contributed by atoms with E-state index < -0.39 is 0 Å². The second kappa shape index (κ2) is 9.67. The van der Waals surface area contributed by atoms with Crippen molar-refractivity contribution in [2.75, 3.05) is 25.0 Å². The summed E-state index contributed by atoms with van der Waals surface area (Å²) in [5.41, 5.74) is 2.70. The van der Waals surface area contributed by atoms with Gasteiger partial charge in [-0.2, -0.15) is 11.3 Å². The van der Waals surface area contributed by atoms with E-state index in [-0.39, 0.29) is 18.2 Å². The Morgan fingerprint density at radius 2 is 1.89 bits per heavy atom. The van der Waals surface area contributed by atoms with Gasteiger partial charge in [0, 0.05) is 36.1 Å². The van der Waals surface area contributed by atoms with Crippen molar-refractivity contribution in [3.63, 3.8) is 0 Å². The van der Waals surface area contributed by atoms with Gasteiger partial charge in [0.1, 0.15) is 0 Å². The molecule has 3 rings (SSSR count). The average Bonchev–Trinajstić information content (AvgIpc) is 3.20. The minimum Gasteiger partial charge on any atom is -0.351 e. The van der Waals surface area contributed by atoms with Gasteiger partial charge in [-0.25, -0.2) is 0 Å². The molecule has 1 aromatic carbocycles. The quantitative estimate of drug-likeness (QED) is 0.763. The van der Waals surface area contributed by atoms with E-state index in [1.165, 1.54) is 29.7 Å². The van der Waals surface area contributed by atoms with Crippen LogP contribution in [0.1, 0.15) is 42.1 Å². The van der Waals surface area contributed by atoms with E-state index in [0.29, 0.717) is 12.1 Å². The Morgan fingerprint density at radius 1 is 1.15 bits per heavy atom. The number of likely N-dealkylation sites (tertiary alicyclic amines) is 1. The lowest BCUT2D eigenvalue weighted by atomic mass is 9.99. The Bertz CT molecular complexity index is 735. The van der Waals surface area contributed by atoms with Crippen molar-refractivity contribution < 1.29 is 9.59 Å². The van der Waals surface area contributed by atoms with Crippen molar-refractivity contribution in [2.24, 2.45) is 5.92 Å². The fourth-order valence-corrected chi connectivity index (χ4v) is 3.82. The minimum absolute atomic E-state index is 0.0987. The van der Waals surface area contributed by atoms with Crippen LogP contribution in [0.4, 0.5) is 5.69 Å². The van der Waals surface area contributed by atoms with E-state index in [1.54, 1.807) is 11.4 Å². The molecule has 144 valence electrons. The van der Waals surface area contributed by atoms with Crippen LogP contribution in [0.2, 0.25) is 0 Å². The maximum atomic E-state index is 12.0. The third-order valence-electron chi connectivity index (χ3n) is 4.94. The molecule has 2 amide bonds. The molecular weight excluding hydrogens is 358 g/mol. The normalized spacial score (nSPS) is 15.4. The Labute approximate surface area is 164 Å². The lowest BCUT2D eigenvalue weighted by Crippen LogP contribution is -2.32. The first-order chi connectivity index (χ1) is 13.1. The van der Waals surface area contributed by atoms with Crippen LogP contribution in [-0.2, 0) is 11.3 Å². The number of rotatable bonds is 7. The smallest absolute Gasteiger partial charge is 0.252 e.